The minimum Gasteiger partial charge on any atom is -0.465 e. The van der Waals surface area contributed by atoms with Gasteiger partial charge in [0.25, 0.3) is 0 Å². The second-order valence-corrected chi connectivity index (χ2v) is 2.72. The van der Waals surface area contributed by atoms with Crippen LogP contribution in [0.2, 0.25) is 0 Å². The molecule has 0 aliphatic rings. The van der Waals surface area contributed by atoms with Crippen LogP contribution in [0.1, 0.15) is 13.3 Å². The molecule has 0 bridgehead atoms. The van der Waals surface area contributed by atoms with Gasteiger partial charge in [-0.3, -0.25) is 4.79 Å². The van der Waals surface area contributed by atoms with Crippen LogP contribution in [0.3, 0.4) is 0 Å². The molecule has 8 heteroatoms. The number of carbonyl (C=O) groups is 2. The average Bonchev–Trinajstić information content (AvgIpc) is 1.99. The van der Waals surface area contributed by atoms with Crippen LogP contribution in [0.5, 0.6) is 0 Å². The Morgan fingerprint density at radius 3 is 2.27 bits per heavy atom. The predicted octanol–water partition coefficient (Wildman–Crippen LogP) is 0.711. The first-order valence-corrected chi connectivity index (χ1v) is 4.10. The van der Waals surface area contributed by atoms with Crippen molar-refractivity contribution < 1.29 is 27.9 Å². The van der Waals surface area contributed by atoms with Crippen molar-refractivity contribution in [2.75, 3.05) is 6.54 Å². The third kappa shape index (κ3) is 6.58. The lowest BCUT2D eigenvalue weighted by Crippen LogP contribution is -2.48. The van der Waals surface area contributed by atoms with E-state index in [9.17, 15) is 22.8 Å². The summed E-state index contributed by atoms with van der Waals surface area (Å²) in [5.74, 6) is -0.989. The molecule has 0 saturated heterocycles. The van der Waals surface area contributed by atoms with Gasteiger partial charge in [0.05, 0.1) is 6.42 Å². The Hall–Kier alpha value is -1.47. The van der Waals surface area contributed by atoms with Crippen LogP contribution in [0.15, 0.2) is 0 Å². The maximum atomic E-state index is 11.9. The molecule has 0 aliphatic carbocycles. The highest BCUT2D eigenvalue weighted by molar-refractivity contribution is 5.85. The van der Waals surface area contributed by atoms with Crippen molar-refractivity contribution in [1.29, 1.82) is 0 Å². The van der Waals surface area contributed by atoms with E-state index >= 15 is 0 Å². The lowest BCUT2D eigenvalue weighted by molar-refractivity contribution is -0.148. The Balaban J connectivity index is 4.44. The second-order valence-electron chi connectivity index (χ2n) is 2.72. The summed E-state index contributed by atoms with van der Waals surface area (Å²) >= 11 is 0. The van der Waals surface area contributed by atoms with Gasteiger partial charge in [-0.2, -0.15) is 13.2 Å². The van der Waals surface area contributed by atoms with Crippen LogP contribution in [-0.4, -0.2) is 35.9 Å². The summed E-state index contributed by atoms with van der Waals surface area (Å²) in [6, 6.07) is -1.80. The zero-order valence-corrected chi connectivity index (χ0v) is 7.89. The van der Waals surface area contributed by atoms with E-state index in [0.29, 0.717) is 0 Å². The summed E-state index contributed by atoms with van der Waals surface area (Å²) in [6.07, 6.45) is -7.79. The summed E-state index contributed by atoms with van der Waals surface area (Å²) < 4.78 is 35.8. The van der Waals surface area contributed by atoms with E-state index in [1.165, 1.54) is 12.2 Å². The number of alkyl halides is 3. The third-order valence-corrected chi connectivity index (χ3v) is 1.40. The quantitative estimate of drug-likeness (QED) is 0.663. The molecule has 3 N–H and O–H groups in total. The van der Waals surface area contributed by atoms with E-state index in [0.717, 1.165) is 0 Å². The number of amides is 2. The fourth-order valence-electron chi connectivity index (χ4n) is 0.887. The van der Waals surface area contributed by atoms with Crippen LogP contribution in [0.25, 0.3) is 0 Å². The molecular weight excluding hydrogens is 217 g/mol. The lowest BCUT2D eigenvalue weighted by Gasteiger charge is -2.17. The van der Waals surface area contributed by atoms with Crippen LogP contribution in [-0.2, 0) is 4.79 Å². The topological polar surface area (TPSA) is 78.4 Å². The van der Waals surface area contributed by atoms with Crippen LogP contribution >= 0.6 is 0 Å². The first-order chi connectivity index (χ1) is 6.76. The Bertz CT molecular complexity index is 242. The SMILES string of the molecule is CCNC(=O)C(CC(F)(F)F)NC(=O)O. The van der Waals surface area contributed by atoms with E-state index in [-0.39, 0.29) is 6.54 Å². The van der Waals surface area contributed by atoms with Crippen LogP contribution in [0, 0.1) is 0 Å². The number of hydrogen-bond acceptors (Lipinski definition) is 2. The zero-order valence-electron chi connectivity index (χ0n) is 7.89. The summed E-state index contributed by atoms with van der Waals surface area (Å²) in [5.41, 5.74) is 0. The standard InChI is InChI=1S/C7H11F3N2O3/c1-2-11-5(13)4(12-6(14)15)3-7(8,9)10/h4,12H,2-3H2,1H3,(H,11,13)(H,14,15). The summed E-state index contributed by atoms with van der Waals surface area (Å²) in [5, 5.41) is 11.9. The fourth-order valence-corrected chi connectivity index (χ4v) is 0.887. The van der Waals surface area contributed by atoms with Gasteiger partial charge in [-0.15, -0.1) is 0 Å². The molecule has 88 valence electrons. The Morgan fingerprint density at radius 2 is 1.93 bits per heavy atom. The lowest BCUT2D eigenvalue weighted by atomic mass is 10.2. The number of carboxylic acid groups (broad SMARTS) is 1. The van der Waals surface area contributed by atoms with Crippen LogP contribution in [0.4, 0.5) is 18.0 Å². The van der Waals surface area contributed by atoms with Gasteiger partial charge in [-0.25, -0.2) is 4.79 Å². The largest absolute Gasteiger partial charge is 0.465 e. The van der Waals surface area contributed by atoms with Gasteiger partial charge in [0.15, 0.2) is 0 Å². The molecule has 5 nitrogen and oxygen atoms in total. The number of nitrogens with one attached hydrogen (secondary N) is 2. The third-order valence-electron chi connectivity index (χ3n) is 1.40. The molecule has 0 saturated carbocycles. The molecule has 2 amide bonds. The molecule has 0 aromatic heterocycles. The molecule has 0 spiro atoms. The summed E-state index contributed by atoms with van der Waals surface area (Å²) in [4.78, 5) is 21.2. The second kappa shape index (κ2) is 5.42. The molecule has 15 heavy (non-hydrogen) atoms. The molecule has 0 aromatic carbocycles. The predicted molar refractivity (Wildman–Crippen MR) is 44.3 cm³/mol. The Morgan fingerprint density at radius 1 is 1.40 bits per heavy atom. The van der Waals surface area contributed by atoms with Gasteiger partial charge in [0.2, 0.25) is 5.91 Å². The van der Waals surface area contributed by atoms with Gasteiger partial charge in [0, 0.05) is 6.54 Å². The van der Waals surface area contributed by atoms with E-state index in [1.807, 2.05) is 0 Å². The molecular formula is C7H11F3N2O3. The van der Waals surface area contributed by atoms with Crippen molar-refractivity contribution in [2.24, 2.45) is 0 Å². The zero-order chi connectivity index (χ0) is 12.1. The smallest absolute Gasteiger partial charge is 0.405 e. The fraction of sp³-hybridized carbons (Fsp3) is 0.714. The van der Waals surface area contributed by atoms with Crippen LogP contribution < -0.4 is 10.6 Å². The molecule has 1 unspecified atom stereocenters. The number of rotatable bonds is 4. The Labute approximate surface area is 83.6 Å². The van der Waals surface area contributed by atoms with Gasteiger partial charge in [-0.1, -0.05) is 0 Å². The molecule has 0 heterocycles. The van der Waals surface area contributed by atoms with Crippen molar-refractivity contribution in [3.05, 3.63) is 0 Å². The molecule has 0 radical (unpaired) electrons. The number of halogens is 3. The summed E-state index contributed by atoms with van der Waals surface area (Å²) in [6.45, 7) is 1.65. The highest BCUT2D eigenvalue weighted by Gasteiger charge is 2.36. The first-order valence-electron chi connectivity index (χ1n) is 4.10. The Kier molecular flexibility index (Phi) is 4.89. The number of carbonyl (C=O) groups excluding carboxylic acids is 1. The average molecular weight is 228 g/mol. The minimum absolute atomic E-state index is 0.133. The van der Waals surface area contributed by atoms with E-state index in [4.69, 9.17) is 5.11 Å². The van der Waals surface area contributed by atoms with Gasteiger partial charge >= 0.3 is 12.3 Å². The molecule has 0 rings (SSSR count). The summed E-state index contributed by atoms with van der Waals surface area (Å²) in [7, 11) is 0. The van der Waals surface area contributed by atoms with E-state index < -0.39 is 30.6 Å². The maximum Gasteiger partial charge on any atom is 0.405 e. The van der Waals surface area contributed by atoms with Crippen molar-refractivity contribution in [1.82, 2.24) is 10.6 Å². The first kappa shape index (κ1) is 13.5. The van der Waals surface area contributed by atoms with Crippen molar-refractivity contribution in [3.8, 4) is 0 Å². The van der Waals surface area contributed by atoms with Gasteiger partial charge in [-0.05, 0) is 6.92 Å². The molecule has 0 aromatic rings. The van der Waals surface area contributed by atoms with Gasteiger partial charge in [0.1, 0.15) is 6.04 Å². The molecule has 1 atom stereocenters. The number of likely N-dealkylation sites (N-methyl/N-ethyl adjacent to an activating group) is 1. The van der Waals surface area contributed by atoms with E-state index in [1.54, 1.807) is 0 Å². The van der Waals surface area contributed by atoms with Gasteiger partial charge < -0.3 is 15.7 Å². The maximum absolute atomic E-state index is 11.9. The monoisotopic (exact) mass is 228 g/mol. The molecule has 0 fully saturated rings. The van der Waals surface area contributed by atoms with Crippen molar-refractivity contribution in [2.45, 2.75) is 25.6 Å². The van der Waals surface area contributed by atoms with Crippen molar-refractivity contribution >= 4 is 12.0 Å². The normalized spacial score (nSPS) is 13.1. The van der Waals surface area contributed by atoms with E-state index in [2.05, 4.69) is 5.32 Å². The molecule has 0 aliphatic heterocycles. The van der Waals surface area contributed by atoms with Crippen molar-refractivity contribution in [3.63, 3.8) is 0 Å². The highest BCUT2D eigenvalue weighted by atomic mass is 19.4. The number of hydrogen-bond donors (Lipinski definition) is 3. The minimum atomic E-state index is -4.60. The highest BCUT2D eigenvalue weighted by Crippen LogP contribution is 2.21.